The van der Waals surface area contributed by atoms with Gasteiger partial charge in [-0.05, 0) is 134 Å². The molecule has 0 radical (unpaired) electrons. The number of fused-ring (bicyclic) bond motifs is 1. The van der Waals surface area contributed by atoms with Crippen LogP contribution in [-0.2, 0) is 6.42 Å². The standard InChI is InChI=1S/C33H54O2Si/c1-25(2)15-12-16-26(3)17-13-18-27(4)19-14-21-33(9)22-20-29-24-30(23-28(5)31(29)34-33)35-36(10,11)32(6,7)8/h15,17,19,23-24H,12-14,16,18,20-22H2,1-11H3/b26-17+,27-19+/t33-/m1/s1. The summed E-state index contributed by atoms with van der Waals surface area (Å²) in [6.07, 6.45) is 16.1. The van der Waals surface area contributed by atoms with Crippen molar-refractivity contribution in [1.29, 1.82) is 0 Å². The lowest BCUT2D eigenvalue weighted by molar-refractivity contribution is 0.0562. The van der Waals surface area contributed by atoms with Crippen LogP contribution in [0.15, 0.2) is 47.1 Å². The summed E-state index contributed by atoms with van der Waals surface area (Å²) in [6.45, 7) is 24.9. The quantitative estimate of drug-likeness (QED) is 0.218. The Labute approximate surface area is 224 Å². The average Bonchev–Trinajstić information content (AvgIpc) is 2.73. The van der Waals surface area contributed by atoms with Gasteiger partial charge in [-0.25, -0.2) is 0 Å². The minimum atomic E-state index is -1.85. The first-order valence-electron chi connectivity index (χ1n) is 14.1. The van der Waals surface area contributed by atoms with Crippen molar-refractivity contribution >= 4 is 8.32 Å². The van der Waals surface area contributed by atoms with Crippen molar-refractivity contribution < 1.29 is 9.16 Å². The third kappa shape index (κ3) is 9.29. The summed E-state index contributed by atoms with van der Waals surface area (Å²) >= 11 is 0. The molecule has 1 atom stereocenters. The Kier molecular flexibility index (Phi) is 10.7. The van der Waals surface area contributed by atoms with Crippen molar-refractivity contribution in [3.63, 3.8) is 0 Å². The van der Waals surface area contributed by atoms with Crippen LogP contribution in [0.25, 0.3) is 0 Å². The van der Waals surface area contributed by atoms with Gasteiger partial charge < -0.3 is 9.16 Å². The third-order valence-corrected chi connectivity index (χ3v) is 12.4. The molecular weight excluding hydrogens is 456 g/mol. The fourth-order valence-electron chi connectivity index (χ4n) is 4.48. The smallest absolute Gasteiger partial charge is 0.250 e. The fourth-order valence-corrected chi connectivity index (χ4v) is 5.50. The second-order valence-corrected chi connectivity index (χ2v) is 17.9. The Morgan fingerprint density at radius 3 is 2.14 bits per heavy atom. The molecule has 0 unspecified atom stereocenters. The van der Waals surface area contributed by atoms with Gasteiger partial charge in [0.25, 0.3) is 0 Å². The second kappa shape index (κ2) is 12.7. The summed E-state index contributed by atoms with van der Waals surface area (Å²) in [6, 6.07) is 4.42. The van der Waals surface area contributed by atoms with E-state index in [0.29, 0.717) is 0 Å². The molecule has 1 heterocycles. The van der Waals surface area contributed by atoms with Crippen LogP contribution in [0.5, 0.6) is 11.5 Å². The van der Waals surface area contributed by atoms with E-state index >= 15 is 0 Å². The van der Waals surface area contributed by atoms with Crippen molar-refractivity contribution in [3.8, 4) is 11.5 Å². The topological polar surface area (TPSA) is 18.5 Å². The number of benzene rings is 1. The van der Waals surface area contributed by atoms with Crippen LogP contribution in [0.3, 0.4) is 0 Å². The molecule has 0 saturated carbocycles. The Morgan fingerprint density at radius 2 is 1.56 bits per heavy atom. The highest BCUT2D eigenvalue weighted by atomic mass is 28.4. The molecule has 0 aromatic heterocycles. The van der Waals surface area contributed by atoms with Crippen LogP contribution in [0.4, 0.5) is 0 Å². The molecule has 3 heteroatoms. The molecule has 0 N–H and O–H groups in total. The highest BCUT2D eigenvalue weighted by Gasteiger charge is 2.39. The van der Waals surface area contributed by atoms with E-state index in [-0.39, 0.29) is 10.6 Å². The largest absolute Gasteiger partial charge is 0.543 e. The third-order valence-electron chi connectivity index (χ3n) is 8.06. The van der Waals surface area contributed by atoms with Crippen LogP contribution in [0.1, 0.15) is 111 Å². The van der Waals surface area contributed by atoms with Crippen molar-refractivity contribution in [2.45, 2.75) is 137 Å². The van der Waals surface area contributed by atoms with E-state index in [1.165, 1.54) is 34.3 Å². The highest BCUT2D eigenvalue weighted by molar-refractivity contribution is 6.74. The molecule has 202 valence electrons. The lowest BCUT2D eigenvalue weighted by Crippen LogP contribution is -2.44. The van der Waals surface area contributed by atoms with Gasteiger partial charge in [0.15, 0.2) is 0 Å². The predicted molar refractivity (Wildman–Crippen MR) is 161 cm³/mol. The summed E-state index contributed by atoms with van der Waals surface area (Å²) in [5.74, 6) is 2.10. The molecule has 0 aliphatic carbocycles. The Balaban J connectivity index is 1.91. The van der Waals surface area contributed by atoms with Gasteiger partial charge in [0.2, 0.25) is 8.32 Å². The van der Waals surface area contributed by atoms with Crippen LogP contribution >= 0.6 is 0 Å². The molecule has 36 heavy (non-hydrogen) atoms. The molecule has 0 bridgehead atoms. The summed E-state index contributed by atoms with van der Waals surface area (Å²) in [5.41, 5.74) is 6.82. The van der Waals surface area contributed by atoms with Crippen LogP contribution in [0, 0.1) is 6.92 Å². The highest BCUT2D eigenvalue weighted by Crippen LogP contribution is 2.42. The van der Waals surface area contributed by atoms with E-state index in [1.807, 2.05) is 0 Å². The molecule has 0 spiro atoms. The molecule has 1 aromatic rings. The summed E-state index contributed by atoms with van der Waals surface area (Å²) < 4.78 is 13.3. The van der Waals surface area contributed by atoms with E-state index in [9.17, 15) is 0 Å². The average molecular weight is 511 g/mol. The van der Waals surface area contributed by atoms with Gasteiger partial charge in [-0.1, -0.05) is 55.7 Å². The molecular formula is C33H54O2Si. The minimum absolute atomic E-state index is 0.0994. The van der Waals surface area contributed by atoms with Gasteiger partial charge in [0.1, 0.15) is 17.1 Å². The predicted octanol–water partition coefficient (Wildman–Crippen LogP) is 10.7. The van der Waals surface area contributed by atoms with Gasteiger partial charge in [0, 0.05) is 0 Å². The molecule has 2 nitrogen and oxygen atoms in total. The molecule has 0 amide bonds. The van der Waals surface area contributed by atoms with Crippen LogP contribution < -0.4 is 9.16 Å². The zero-order valence-electron chi connectivity index (χ0n) is 25.4. The number of ether oxygens (including phenoxy) is 1. The zero-order valence-corrected chi connectivity index (χ0v) is 26.4. The maximum atomic E-state index is 6.66. The summed E-state index contributed by atoms with van der Waals surface area (Å²) in [5, 5.41) is 0.193. The van der Waals surface area contributed by atoms with Gasteiger partial charge >= 0.3 is 0 Å². The molecule has 0 fully saturated rings. The molecule has 1 aliphatic heterocycles. The van der Waals surface area contributed by atoms with Gasteiger partial charge in [-0.15, -0.1) is 0 Å². The maximum Gasteiger partial charge on any atom is 0.250 e. The second-order valence-electron chi connectivity index (χ2n) is 13.1. The first-order valence-corrected chi connectivity index (χ1v) is 17.0. The van der Waals surface area contributed by atoms with Gasteiger partial charge in [-0.3, -0.25) is 0 Å². The molecule has 0 saturated heterocycles. The van der Waals surface area contributed by atoms with Crippen molar-refractivity contribution in [1.82, 2.24) is 0 Å². The van der Waals surface area contributed by atoms with Gasteiger partial charge in [0.05, 0.1) is 0 Å². The molecule has 1 aromatic carbocycles. The Hall–Kier alpha value is -1.74. The number of rotatable bonds is 11. The number of hydrogen-bond acceptors (Lipinski definition) is 2. The number of allylic oxidation sites excluding steroid dienone is 6. The van der Waals surface area contributed by atoms with E-state index in [1.54, 1.807) is 0 Å². The summed E-state index contributed by atoms with van der Waals surface area (Å²) in [7, 11) is -1.85. The first-order chi connectivity index (χ1) is 16.6. The lowest BCUT2D eigenvalue weighted by Gasteiger charge is -2.39. The molecule has 2 rings (SSSR count). The van der Waals surface area contributed by atoms with Crippen molar-refractivity contribution in [2.75, 3.05) is 0 Å². The minimum Gasteiger partial charge on any atom is -0.543 e. The molecule has 1 aliphatic rings. The van der Waals surface area contributed by atoms with Crippen molar-refractivity contribution in [3.05, 3.63) is 58.2 Å². The Bertz CT molecular complexity index is 970. The van der Waals surface area contributed by atoms with E-state index in [4.69, 9.17) is 9.16 Å². The normalized spacial score (nSPS) is 19.0. The van der Waals surface area contributed by atoms with Gasteiger partial charge in [-0.2, -0.15) is 0 Å². The zero-order chi connectivity index (χ0) is 27.1. The number of aryl methyl sites for hydroxylation is 2. The van der Waals surface area contributed by atoms with Crippen LogP contribution in [-0.4, -0.2) is 13.9 Å². The van der Waals surface area contributed by atoms with E-state index < -0.39 is 8.32 Å². The van der Waals surface area contributed by atoms with E-state index in [2.05, 4.69) is 106 Å². The van der Waals surface area contributed by atoms with Crippen LogP contribution in [0.2, 0.25) is 18.1 Å². The first kappa shape index (κ1) is 30.5. The summed E-state index contributed by atoms with van der Waals surface area (Å²) in [4.78, 5) is 0. The van der Waals surface area contributed by atoms with E-state index in [0.717, 1.165) is 56.4 Å². The number of hydrogen-bond donors (Lipinski definition) is 0. The lowest BCUT2D eigenvalue weighted by atomic mass is 9.87. The maximum absolute atomic E-state index is 6.66. The fraction of sp³-hybridized carbons (Fsp3) is 0.636. The Morgan fingerprint density at radius 1 is 0.972 bits per heavy atom. The SMILES string of the molecule is CC(C)=CCC/C(C)=C/CC/C(C)=C/CC[C@]1(C)CCc2cc(O[Si](C)(C)C(C)(C)C)cc(C)c2O1. The van der Waals surface area contributed by atoms with Crippen molar-refractivity contribution in [2.24, 2.45) is 0 Å². The monoisotopic (exact) mass is 510 g/mol.